The molecule has 0 aromatic heterocycles. The normalized spacial score (nSPS) is 12.0. The van der Waals surface area contributed by atoms with Crippen LogP contribution in [0.1, 0.15) is 12.5 Å². The number of esters is 1. The van der Waals surface area contributed by atoms with Crippen LogP contribution in [0.5, 0.6) is 0 Å². The number of halogens is 2. The van der Waals surface area contributed by atoms with E-state index in [1.165, 1.54) is 0 Å². The van der Waals surface area contributed by atoms with Crippen molar-refractivity contribution in [2.24, 2.45) is 0 Å². The first-order chi connectivity index (χ1) is 8.06. The van der Waals surface area contributed by atoms with Crippen LogP contribution < -0.4 is 5.32 Å². The molecular formula is C12H15Cl2NO2. The molecule has 0 aliphatic heterocycles. The van der Waals surface area contributed by atoms with Crippen molar-refractivity contribution in [1.29, 1.82) is 0 Å². The van der Waals surface area contributed by atoms with Gasteiger partial charge in [0.1, 0.15) is 12.6 Å². The van der Waals surface area contributed by atoms with Gasteiger partial charge in [0.15, 0.2) is 0 Å². The average Bonchev–Trinajstić information content (AvgIpc) is 2.30. The van der Waals surface area contributed by atoms with Gasteiger partial charge in [-0.15, -0.1) is 11.6 Å². The summed E-state index contributed by atoms with van der Waals surface area (Å²) in [7, 11) is 0. The van der Waals surface area contributed by atoms with E-state index in [2.05, 4.69) is 5.32 Å². The Morgan fingerprint density at radius 2 is 2.24 bits per heavy atom. The molecule has 0 saturated heterocycles. The molecule has 5 heteroatoms. The van der Waals surface area contributed by atoms with Crippen LogP contribution >= 0.6 is 23.2 Å². The van der Waals surface area contributed by atoms with Crippen LogP contribution in [0.2, 0.25) is 5.02 Å². The molecule has 0 fully saturated rings. The third-order valence-electron chi connectivity index (χ3n) is 2.26. The van der Waals surface area contributed by atoms with Crippen LogP contribution in [-0.2, 0) is 9.53 Å². The fraction of sp³-hybridized carbons (Fsp3) is 0.417. The summed E-state index contributed by atoms with van der Waals surface area (Å²) in [5, 5.41) is 3.62. The third kappa shape index (κ3) is 4.10. The van der Waals surface area contributed by atoms with E-state index in [-0.39, 0.29) is 12.6 Å². The second-order valence-corrected chi connectivity index (χ2v) is 4.44. The Morgan fingerprint density at radius 3 is 2.82 bits per heavy atom. The Balaban J connectivity index is 2.67. The molecule has 1 unspecified atom stereocenters. The number of benzene rings is 1. The Bertz CT molecular complexity index is 376. The first-order valence-corrected chi connectivity index (χ1v) is 6.21. The second kappa shape index (κ2) is 6.72. The van der Waals surface area contributed by atoms with Gasteiger partial charge in [0.25, 0.3) is 0 Å². The minimum Gasteiger partial charge on any atom is -0.463 e. The molecule has 3 nitrogen and oxygen atoms in total. The van der Waals surface area contributed by atoms with Gasteiger partial charge in [0, 0.05) is 0 Å². The summed E-state index contributed by atoms with van der Waals surface area (Å²) in [5.74, 6) is -0.0474. The fourth-order valence-electron chi connectivity index (χ4n) is 1.35. The van der Waals surface area contributed by atoms with E-state index < -0.39 is 6.04 Å². The fourth-order valence-corrected chi connectivity index (χ4v) is 1.71. The van der Waals surface area contributed by atoms with Gasteiger partial charge >= 0.3 is 5.97 Å². The maximum atomic E-state index is 11.5. The van der Waals surface area contributed by atoms with E-state index in [9.17, 15) is 4.79 Å². The zero-order valence-corrected chi connectivity index (χ0v) is 11.3. The van der Waals surface area contributed by atoms with Gasteiger partial charge in [-0.1, -0.05) is 23.7 Å². The third-order valence-corrected chi connectivity index (χ3v) is 2.73. The van der Waals surface area contributed by atoms with Gasteiger partial charge in [-0.2, -0.15) is 0 Å². The molecule has 0 bridgehead atoms. The summed E-state index contributed by atoms with van der Waals surface area (Å²) in [4.78, 5) is 11.5. The van der Waals surface area contributed by atoms with Crippen molar-refractivity contribution in [2.45, 2.75) is 19.9 Å². The molecule has 94 valence electrons. The van der Waals surface area contributed by atoms with E-state index in [4.69, 9.17) is 27.9 Å². The van der Waals surface area contributed by atoms with Gasteiger partial charge in [-0.25, -0.2) is 4.79 Å². The molecule has 0 aliphatic rings. The molecular weight excluding hydrogens is 261 g/mol. The van der Waals surface area contributed by atoms with Crippen molar-refractivity contribution < 1.29 is 9.53 Å². The number of ether oxygens (including phenoxy) is 1. The van der Waals surface area contributed by atoms with E-state index in [1.807, 2.05) is 19.1 Å². The topological polar surface area (TPSA) is 38.3 Å². The summed E-state index contributed by atoms with van der Waals surface area (Å²) < 4.78 is 4.93. The number of para-hydroxylation sites is 1. The average molecular weight is 276 g/mol. The summed E-state index contributed by atoms with van der Waals surface area (Å²) in [6, 6.07) is 5.09. The van der Waals surface area contributed by atoms with Crippen LogP contribution in [-0.4, -0.2) is 24.5 Å². The minimum absolute atomic E-state index is 0.216. The Hall–Kier alpha value is -0.930. The SMILES string of the molecule is Cc1cccc(Cl)c1NC(C)C(=O)OCCCl. The number of nitrogens with one attached hydrogen (secondary N) is 1. The number of anilines is 1. The molecule has 17 heavy (non-hydrogen) atoms. The van der Waals surface area contributed by atoms with Crippen LogP contribution in [0.4, 0.5) is 5.69 Å². The maximum absolute atomic E-state index is 11.5. The van der Waals surface area contributed by atoms with Crippen molar-refractivity contribution in [1.82, 2.24) is 0 Å². The van der Waals surface area contributed by atoms with E-state index >= 15 is 0 Å². The number of hydrogen-bond donors (Lipinski definition) is 1. The summed E-state index contributed by atoms with van der Waals surface area (Å²) >= 11 is 11.5. The van der Waals surface area contributed by atoms with Gasteiger partial charge in [0.2, 0.25) is 0 Å². The molecule has 0 radical (unpaired) electrons. The highest BCUT2D eigenvalue weighted by atomic mass is 35.5. The molecule has 1 N–H and O–H groups in total. The second-order valence-electron chi connectivity index (χ2n) is 3.65. The number of alkyl halides is 1. The van der Waals surface area contributed by atoms with E-state index in [1.54, 1.807) is 13.0 Å². The first-order valence-electron chi connectivity index (χ1n) is 5.30. The molecule has 0 heterocycles. The molecule has 0 saturated carbocycles. The lowest BCUT2D eigenvalue weighted by Crippen LogP contribution is -2.29. The standard InChI is InChI=1S/C12H15Cl2NO2/c1-8-4-3-5-10(14)11(8)15-9(2)12(16)17-7-6-13/h3-5,9,15H,6-7H2,1-2H3. The molecule has 0 aliphatic carbocycles. The summed E-state index contributed by atoms with van der Waals surface area (Å²) in [5.41, 5.74) is 1.74. The largest absolute Gasteiger partial charge is 0.463 e. The van der Waals surface area contributed by atoms with Crippen molar-refractivity contribution in [3.05, 3.63) is 28.8 Å². The number of carbonyl (C=O) groups is 1. The highest BCUT2D eigenvalue weighted by Crippen LogP contribution is 2.25. The highest BCUT2D eigenvalue weighted by Gasteiger charge is 2.16. The van der Waals surface area contributed by atoms with Gasteiger partial charge < -0.3 is 10.1 Å². The predicted octanol–water partition coefficient (Wildman–Crippen LogP) is 3.23. The van der Waals surface area contributed by atoms with Gasteiger partial charge in [-0.05, 0) is 25.5 Å². The maximum Gasteiger partial charge on any atom is 0.328 e. The van der Waals surface area contributed by atoms with Crippen LogP contribution in [0.3, 0.4) is 0 Å². The first kappa shape index (κ1) is 14.1. The number of hydrogen-bond acceptors (Lipinski definition) is 3. The molecule has 1 aromatic rings. The highest BCUT2D eigenvalue weighted by molar-refractivity contribution is 6.33. The smallest absolute Gasteiger partial charge is 0.328 e. The summed E-state index contributed by atoms with van der Waals surface area (Å²) in [6.07, 6.45) is 0. The zero-order chi connectivity index (χ0) is 12.8. The van der Waals surface area contributed by atoms with Crippen molar-refractivity contribution in [3.63, 3.8) is 0 Å². The van der Waals surface area contributed by atoms with Gasteiger partial charge in [0.05, 0.1) is 16.6 Å². The molecule has 0 amide bonds. The summed E-state index contributed by atoms with van der Waals surface area (Å²) in [6.45, 7) is 3.86. The van der Waals surface area contributed by atoms with Crippen LogP contribution in [0.25, 0.3) is 0 Å². The lowest BCUT2D eigenvalue weighted by molar-refractivity contribution is -0.143. The monoisotopic (exact) mass is 275 g/mol. The van der Waals surface area contributed by atoms with Crippen LogP contribution in [0.15, 0.2) is 18.2 Å². The Morgan fingerprint density at radius 1 is 1.53 bits per heavy atom. The quantitative estimate of drug-likeness (QED) is 0.662. The lowest BCUT2D eigenvalue weighted by Gasteiger charge is -2.16. The number of carbonyl (C=O) groups excluding carboxylic acids is 1. The van der Waals surface area contributed by atoms with E-state index in [0.717, 1.165) is 11.3 Å². The minimum atomic E-state index is -0.461. The van der Waals surface area contributed by atoms with Crippen molar-refractivity contribution in [3.8, 4) is 0 Å². The van der Waals surface area contributed by atoms with Gasteiger partial charge in [-0.3, -0.25) is 0 Å². The predicted molar refractivity (Wildman–Crippen MR) is 71.0 cm³/mol. The molecule has 1 aromatic carbocycles. The van der Waals surface area contributed by atoms with Crippen molar-refractivity contribution in [2.75, 3.05) is 17.8 Å². The molecule has 1 rings (SSSR count). The lowest BCUT2D eigenvalue weighted by atomic mass is 10.2. The Labute approximate surface area is 111 Å². The molecule has 0 spiro atoms. The van der Waals surface area contributed by atoms with Crippen LogP contribution in [0, 0.1) is 6.92 Å². The number of aryl methyl sites for hydroxylation is 1. The van der Waals surface area contributed by atoms with E-state index in [0.29, 0.717) is 10.9 Å². The molecule has 1 atom stereocenters. The number of rotatable bonds is 5. The van der Waals surface area contributed by atoms with Crippen molar-refractivity contribution >= 4 is 34.9 Å². The zero-order valence-electron chi connectivity index (χ0n) is 9.80. The Kier molecular flexibility index (Phi) is 5.59.